The van der Waals surface area contributed by atoms with Crippen molar-refractivity contribution < 1.29 is 23.9 Å². The zero-order valence-corrected chi connectivity index (χ0v) is 17.5. The third kappa shape index (κ3) is 4.83. The number of rotatable bonds is 8. The summed E-state index contributed by atoms with van der Waals surface area (Å²) in [4.78, 5) is 35.0. The van der Waals surface area contributed by atoms with E-state index in [1.807, 2.05) is 0 Å². The van der Waals surface area contributed by atoms with Gasteiger partial charge in [-0.25, -0.2) is 4.68 Å². The maximum absolute atomic E-state index is 12.4. The van der Waals surface area contributed by atoms with Crippen LogP contribution in [-0.2, 0) is 11.3 Å². The highest BCUT2D eigenvalue weighted by molar-refractivity contribution is 5.90. The van der Waals surface area contributed by atoms with E-state index in [-0.39, 0.29) is 17.9 Å². The lowest BCUT2D eigenvalue weighted by Gasteiger charge is -2.14. The van der Waals surface area contributed by atoms with Crippen LogP contribution in [-0.4, -0.2) is 41.9 Å². The Morgan fingerprint density at radius 1 is 1.06 bits per heavy atom. The highest BCUT2D eigenvalue weighted by Crippen LogP contribution is 2.40. The highest BCUT2D eigenvalue weighted by Gasteiger charge is 2.16. The van der Waals surface area contributed by atoms with Gasteiger partial charge in [-0.1, -0.05) is 6.07 Å². The molecule has 0 aliphatic heterocycles. The van der Waals surface area contributed by atoms with Crippen molar-refractivity contribution in [1.82, 2.24) is 9.78 Å². The molecule has 166 valence electrons. The monoisotopic (exact) mass is 440 g/mol. The first-order valence-electron chi connectivity index (χ1n) is 9.29. The molecule has 11 heteroatoms. The van der Waals surface area contributed by atoms with E-state index in [1.165, 1.54) is 57.7 Å². The molecule has 0 bridgehead atoms. The summed E-state index contributed by atoms with van der Waals surface area (Å²) >= 11 is 0. The van der Waals surface area contributed by atoms with Gasteiger partial charge in [-0.2, -0.15) is 5.10 Å². The number of methoxy groups -OCH3 is 3. The van der Waals surface area contributed by atoms with Gasteiger partial charge < -0.3 is 19.5 Å². The maximum Gasteiger partial charge on any atom is 0.271 e. The van der Waals surface area contributed by atoms with Crippen molar-refractivity contribution in [3.63, 3.8) is 0 Å². The molecule has 1 amide bonds. The average Bonchev–Trinajstić information content (AvgIpc) is 2.79. The molecule has 3 rings (SSSR count). The molecule has 3 aromatic rings. The van der Waals surface area contributed by atoms with Crippen LogP contribution in [0.4, 0.5) is 11.4 Å². The highest BCUT2D eigenvalue weighted by atomic mass is 16.6. The van der Waals surface area contributed by atoms with Crippen LogP contribution in [0.5, 0.6) is 17.2 Å². The summed E-state index contributed by atoms with van der Waals surface area (Å²) in [6.07, 6.45) is 0. The smallest absolute Gasteiger partial charge is 0.271 e. The van der Waals surface area contributed by atoms with E-state index < -0.39 is 16.4 Å². The summed E-state index contributed by atoms with van der Waals surface area (Å²) in [6, 6.07) is 11.6. The van der Waals surface area contributed by atoms with Crippen molar-refractivity contribution in [2.24, 2.45) is 0 Å². The average molecular weight is 440 g/mol. The first-order valence-corrected chi connectivity index (χ1v) is 9.29. The standard InChI is InChI=1S/C21H20N4O7/c1-30-17-9-13(10-18(31-2)21(17)32-3)16-7-8-20(27)24(23-16)12-19(26)22-14-5-4-6-15(11-14)25(28)29/h4-11H,12H2,1-3H3,(H,22,26). The number of benzene rings is 2. The second kappa shape index (κ2) is 9.60. The molecule has 2 aromatic carbocycles. The number of ether oxygens (including phenoxy) is 3. The number of hydrogen-bond donors (Lipinski definition) is 1. The lowest BCUT2D eigenvalue weighted by atomic mass is 10.1. The Morgan fingerprint density at radius 3 is 2.34 bits per heavy atom. The van der Waals surface area contributed by atoms with Gasteiger partial charge in [0.05, 0.1) is 31.9 Å². The summed E-state index contributed by atoms with van der Waals surface area (Å²) < 4.78 is 17.0. The summed E-state index contributed by atoms with van der Waals surface area (Å²) in [7, 11) is 4.44. The van der Waals surface area contributed by atoms with Gasteiger partial charge in [0.25, 0.3) is 11.2 Å². The fourth-order valence-electron chi connectivity index (χ4n) is 2.98. The summed E-state index contributed by atoms with van der Waals surface area (Å²) in [5.41, 5.74) is 0.551. The van der Waals surface area contributed by atoms with Crippen LogP contribution in [0, 0.1) is 10.1 Å². The van der Waals surface area contributed by atoms with Gasteiger partial charge in [0.1, 0.15) is 6.54 Å². The first kappa shape index (κ1) is 22.3. The van der Waals surface area contributed by atoms with Crippen LogP contribution in [0.3, 0.4) is 0 Å². The van der Waals surface area contributed by atoms with Crippen LogP contribution in [0.2, 0.25) is 0 Å². The van der Waals surface area contributed by atoms with Gasteiger partial charge in [-0.15, -0.1) is 0 Å². The molecule has 1 aromatic heterocycles. The number of anilines is 1. The molecule has 32 heavy (non-hydrogen) atoms. The molecule has 1 N–H and O–H groups in total. The first-order chi connectivity index (χ1) is 15.4. The molecule has 0 aliphatic carbocycles. The van der Waals surface area contributed by atoms with Gasteiger partial charge in [-0.3, -0.25) is 19.7 Å². The quantitative estimate of drug-likeness (QED) is 0.417. The van der Waals surface area contributed by atoms with Crippen LogP contribution >= 0.6 is 0 Å². The number of nitrogens with zero attached hydrogens (tertiary/aromatic N) is 3. The van der Waals surface area contributed by atoms with Gasteiger partial charge >= 0.3 is 0 Å². The molecule has 11 nitrogen and oxygen atoms in total. The third-order valence-corrected chi connectivity index (χ3v) is 4.46. The Kier molecular flexibility index (Phi) is 6.68. The zero-order valence-electron chi connectivity index (χ0n) is 17.5. The second-order valence-electron chi connectivity index (χ2n) is 6.48. The lowest BCUT2D eigenvalue weighted by Crippen LogP contribution is -2.29. The van der Waals surface area contributed by atoms with Crippen LogP contribution in [0.1, 0.15) is 0 Å². The minimum absolute atomic E-state index is 0.164. The molecular formula is C21H20N4O7. The van der Waals surface area contributed by atoms with Gasteiger partial charge in [0.2, 0.25) is 11.7 Å². The summed E-state index contributed by atoms with van der Waals surface area (Å²) in [5.74, 6) is 0.653. The molecule has 0 unspecified atom stereocenters. The van der Waals surface area contributed by atoms with E-state index in [9.17, 15) is 19.7 Å². The van der Waals surface area contributed by atoms with Crippen molar-refractivity contribution in [3.8, 4) is 28.5 Å². The second-order valence-corrected chi connectivity index (χ2v) is 6.48. The van der Waals surface area contributed by atoms with Crippen molar-refractivity contribution in [2.75, 3.05) is 26.6 Å². The van der Waals surface area contributed by atoms with Crippen LogP contribution in [0.15, 0.2) is 53.3 Å². The van der Waals surface area contributed by atoms with Gasteiger partial charge in [0, 0.05) is 29.4 Å². The van der Waals surface area contributed by atoms with Gasteiger partial charge in [-0.05, 0) is 24.3 Å². The fourth-order valence-corrected chi connectivity index (χ4v) is 2.98. The van der Waals surface area contributed by atoms with E-state index in [0.29, 0.717) is 28.5 Å². The number of aromatic nitrogens is 2. The number of amides is 1. The molecule has 1 heterocycles. The largest absolute Gasteiger partial charge is 0.493 e. The zero-order chi connectivity index (χ0) is 23.3. The van der Waals surface area contributed by atoms with Crippen molar-refractivity contribution in [1.29, 1.82) is 0 Å². The Morgan fingerprint density at radius 2 is 1.75 bits per heavy atom. The minimum atomic E-state index is -0.567. The van der Waals surface area contributed by atoms with Crippen molar-refractivity contribution in [3.05, 3.63) is 69.0 Å². The van der Waals surface area contributed by atoms with Crippen LogP contribution < -0.4 is 25.1 Å². The number of nitrogens with one attached hydrogen (secondary N) is 1. The molecule has 0 radical (unpaired) electrons. The summed E-state index contributed by atoms with van der Waals surface area (Å²) in [6.45, 7) is -0.389. The molecule has 0 aliphatic rings. The number of nitro groups is 1. The Labute approximate surface area is 182 Å². The van der Waals surface area contributed by atoms with E-state index in [1.54, 1.807) is 12.1 Å². The normalized spacial score (nSPS) is 10.3. The lowest BCUT2D eigenvalue weighted by molar-refractivity contribution is -0.384. The number of nitro benzene ring substituents is 1. The number of non-ortho nitro benzene ring substituents is 1. The van der Waals surface area contributed by atoms with Crippen molar-refractivity contribution in [2.45, 2.75) is 6.54 Å². The van der Waals surface area contributed by atoms with E-state index in [0.717, 1.165) is 4.68 Å². The summed E-state index contributed by atoms with van der Waals surface area (Å²) in [5, 5.41) is 17.7. The number of hydrogen-bond acceptors (Lipinski definition) is 8. The molecule has 0 saturated heterocycles. The van der Waals surface area contributed by atoms with Crippen LogP contribution in [0.25, 0.3) is 11.3 Å². The minimum Gasteiger partial charge on any atom is -0.493 e. The fraction of sp³-hybridized carbons (Fsp3) is 0.190. The Bertz CT molecular complexity index is 1200. The molecule has 0 fully saturated rings. The third-order valence-electron chi connectivity index (χ3n) is 4.46. The molecule has 0 atom stereocenters. The van der Waals surface area contributed by atoms with Gasteiger partial charge in [0.15, 0.2) is 11.5 Å². The van der Waals surface area contributed by atoms with E-state index in [4.69, 9.17) is 14.2 Å². The predicted molar refractivity (Wildman–Crippen MR) is 115 cm³/mol. The Balaban J connectivity index is 1.88. The maximum atomic E-state index is 12.4. The predicted octanol–water partition coefficient (Wildman–Crippen LogP) is 2.48. The SMILES string of the molecule is COc1cc(-c2ccc(=O)n(CC(=O)Nc3cccc([N+](=O)[O-])c3)n2)cc(OC)c1OC. The van der Waals surface area contributed by atoms with E-state index >= 15 is 0 Å². The molecule has 0 saturated carbocycles. The number of carbonyl (C=O) groups is 1. The Hall–Kier alpha value is -4.41. The topological polar surface area (TPSA) is 135 Å². The molecule has 0 spiro atoms. The molecular weight excluding hydrogens is 420 g/mol. The van der Waals surface area contributed by atoms with Crippen molar-refractivity contribution >= 4 is 17.3 Å². The number of carbonyl (C=O) groups excluding carboxylic acids is 1. The van der Waals surface area contributed by atoms with E-state index in [2.05, 4.69) is 10.4 Å².